The van der Waals surface area contributed by atoms with E-state index in [9.17, 15) is 0 Å². The molecule has 0 amide bonds. The third-order valence-electron chi connectivity index (χ3n) is 10.9. The summed E-state index contributed by atoms with van der Waals surface area (Å²) in [6.07, 6.45) is 0. The highest BCUT2D eigenvalue weighted by atomic mass is 32.1. The molecular formula is C52H33NS2. The van der Waals surface area contributed by atoms with Gasteiger partial charge in [-0.05, 0) is 81.1 Å². The molecule has 0 radical (unpaired) electrons. The lowest BCUT2D eigenvalue weighted by atomic mass is 9.92. The van der Waals surface area contributed by atoms with E-state index in [1.165, 1.54) is 90.2 Å². The second-order valence-corrected chi connectivity index (χ2v) is 16.1. The molecule has 0 spiro atoms. The first-order valence-corrected chi connectivity index (χ1v) is 20.3. The number of rotatable bonds is 6. The van der Waals surface area contributed by atoms with E-state index in [1.807, 2.05) is 22.7 Å². The average Bonchev–Trinajstić information content (AvgIpc) is 3.83. The lowest BCUT2D eigenvalue weighted by Gasteiger charge is -2.27. The molecule has 11 aromatic rings. The lowest BCUT2D eigenvalue weighted by molar-refractivity contribution is 1.30. The Morgan fingerprint density at radius 2 is 0.855 bits per heavy atom. The quantitative estimate of drug-likeness (QED) is 0.164. The summed E-state index contributed by atoms with van der Waals surface area (Å²) in [6, 6.07) is 73.4. The second kappa shape index (κ2) is 13.1. The maximum atomic E-state index is 2.47. The molecular weight excluding hydrogens is 703 g/mol. The van der Waals surface area contributed by atoms with Gasteiger partial charge in [0.25, 0.3) is 0 Å². The van der Waals surface area contributed by atoms with Crippen molar-refractivity contribution in [1.82, 2.24) is 0 Å². The molecule has 2 heterocycles. The molecule has 0 fully saturated rings. The van der Waals surface area contributed by atoms with E-state index in [-0.39, 0.29) is 0 Å². The van der Waals surface area contributed by atoms with E-state index in [2.05, 4.69) is 205 Å². The monoisotopic (exact) mass is 735 g/mol. The largest absolute Gasteiger partial charge is 0.309 e. The molecule has 0 N–H and O–H groups in total. The highest BCUT2D eigenvalue weighted by molar-refractivity contribution is 7.26. The van der Waals surface area contributed by atoms with Crippen LogP contribution in [-0.4, -0.2) is 0 Å². The van der Waals surface area contributed by atoms with Gasteiger partial charge in [-0.1, -0.05) is 158 Å². The first kappa shape index (κ1) is 32.0. The van der Waals surface area contributed by atoms with Gasteiger partial charge in [-0.25, -0.2) is 0 Å². The van der Waals surface area contributed by atoms with Crippen LogP contribution in [0.4, 0.5) is 17.1 Å². The number of thiophene rings is 2. The number of hydrogen-bond acceptors (Lipinski definition) is 3. The van der Waals surface area contributed by atoms with Gasteiger partial charge in [-0.15, -0.1) is 22.7 Å². The van der Waals surface area contributed by atoms with Crippen LogP contribution >= 0.6 is 22.7 Å². The molecule has 0 bridgehead atoms. The predicted molar refractivity (Wildman–Crippen MR) is 241 cm³/mol. The van der Waals surface area contributed by atoms with E-state index >= 15 is 0 Å². The molecule has 0 aliphatic rings. The van der Waals surface area contributed by atoms with Gasteiger partial charge >= 0.3 is 0 Å². The van der Waals surface area contributed by atoms with Crippen molar-refractivity contribution in [3.8, 4) is 33.4 Å². The molecule has 9 aromatic carbocycles. The van der Waals surface area contributed by atoms with E-state index in [0.717, 1.165) is 11.4 Å². The third-order valence-corrected chi connectivity index (χ3v) is 13.3. The van der Waals surface area contributed by atoms with Crippen LogP contribution in [0, 0.1) is 0 Å². The minimum atomic E-state index is 1.12. The number of benzene rings is 9. The Kier molecular flexibility index (Phi) is 7.61. The summed E-state index contributed by atoms with van der Waals surface area (Å²) >= 11 is 3.76. The number of nitrogens with zero attached hydrogens (tertiary/aromatic N) is 1. The number of hydrogen-bond donors (Lipinski definition) is 0. The SMILES string of the molecule is c1ccc(-c2ccc(N(c3ccc(-c4cccc5ccccc45)cc3)c3cccc4c3sc3ccccc34)cc2-c2cccc3c2sc2ccccc23)cc1. The van der Waals surface area contributed by atoms with E-state index < -0.39 is 0 Å². The first-order chi connectivity index (χ1) is 27.3. The van der Waals surface area contributed by atoms with Crippen molar-refractivity contribution in [2.75, 3.05) is 4.90 Å². The molecule has 11 rings (SSSR count). The Bertz CT molecular complexity index is 3200. The third kappa shape index (κ3) is 5.35. The fourth-order valence-electron chi connectivity index (χ4n) is 8.33. The summed E-state index contributed by atoms with van der Waals surface area (Å²) in [7, 11) is 0. The van der Waals surface area contributed by atoms with Crippen LogP contribution in [0.1, 0.15) is 0 Å². The van der Waals surface area contributed by atoms with Crippen LogP contribution in [0.5, 0.6) is 0 Å². The van der Waals surface area contributed by atoms with Crippen molar-refractivity contribution in [2.24, 2.45) is 0 Å². The zero-order valence-electron chi connectivity index (χ0n) is 29.8. The topological polar surface area (TPSA) is 3.24 Å². The lowest BCUT2D eigenvalue weighted by Crippen LogP contribution is -2.10. The summed E-state index contributed by atoms with van der Waals surface area (Å²) in [5, 5.41) is 7.71. The number of anilines is 3. The molecule has 0 aliphatic heterocycles. The molecule has 55 heavy (non-hydrogen) atoms. The van der Waals surface area contributed by atoms with Gasteiger partial charge in [0.2, 0.25) is 0 Å². The van der Waals surface area contributed by atoms with Crippen LogP contribution in [0.25, 0.3) is 84.5 Å². The zero-order chi connectivity index (χ0) is 36.3. The van der Waals surface area contributed by atoms with Gasteiger partial charge in [0.15, 0.2) is 0 Å². The highest BCUT2D eigenvalue weighted by Crippen LogP contribution is 2.48. The van der Waals surface area contributed by atoms with Gasteiger partial charge < -0.3 is 4.90 Å². The molecule has 2 aromatic heterocycles. The van der Waals surface area contributed by atoms with Gasteiger partial charge in [0, 0.05) is 52.6 Å². The fraction of sp³-hybridized carbons (Fsp3) is 0. The normalized spacial score (nSPS) is 11.6. The summed E-state index contributed by atoms with van der Waals surface area (Å²) in [6.45, 7) is 0. The van der Waals surface area contributed by atoms with Gasteiger partial charge in [0.1, 0.15) is 0 Å². The van der Waals surface area contributed by atoms with Crippen molar-refractivity contribution in [3.63, 3.8) is 0 Å². The average molecular weight is 736 g/mol. The molecule has 0 saturated heterocycles. The molecule has 0 atom stereocenters. The fourth-order valence-corrected chi connectivity index (χ4v) is 10.8. The summed E-state index contributed by atoms with van der Waals surface area (Å²) in [5.74, 6) is 0. The maximum absolute atomic E-state index is 2.47. The van der Waals surface area contributed by atoms with Crippen LogP contribution in [-0.2, 0) is 0 Å². The molecule has 0 unspecified atom stereocenters. The minimum Gasteiger partial charge on any atom is -0.309 e. The molecule has 0 aliphatic carbocycles. The van der Waals surface area contributed by atoms with Gasteiger partial charge in [0.05, 0.1) is 10.4 Å². The van der Waals surface area contributed by atoms with Crippen LogP contribution in [0.15, 0.2) is 200 Å². The summed E-state index contributed by atoms with van der Waals surface area (Å²) < 4.78 is 5.21. The second-order valence-electron chi connectivity index (χ2n) is 14.0. The maximum Gasteiger partial charge on any atom is 0.0640 e. The molecule has 0 saturated carbocycles. The Hall–Kier alpha value is -6.52. The van der Waals surface area contributed by atoms with E-state index in [0.29, 0.717) is 0 Å². The Morgan fingerprint density at radius 1 is 0.309 bits per heavy atom. The van der Waals surface area contributed by atoms with Crippen molar-refractivity contribution in [1.29, 1.82) is 0 Å². The van der Waals surface area contributed by atoms with E-state index in [4.69, 9.17) is 0 Å². The smallest absolute Gasteiger partial charge is 0.0640 e. The summed E-state index contributed by atoms with van der Waals surface area (Å²) in [5.41, 5.74) is 10.8. The van der Waals surface area contributed by atoms with Gasteiger partial charge in [-0.2, -0.15) is 0 Å². The standard InChI is InChI=1S/C52H33NS2/c1-2-13-34(14-3-1)41-32-31-38(33-47(41)46-22-11-21-44-42-18-6-8-25-49(42)54-51(44)46)53(48-24-12-23-45-43-19-7-9-26-50(43)55-52(45)48)37-29-27-36(28-30-37)40-20-10-16-35-15-4-5-17-39(35)40/h1-33H. The van der Waals surface area contributed by atoms with Crippen molar-refractivity contribution in [2.45, 2.75) is 0 Å². The van der Waals surface area contributed by atoms with Crippen LogP contribution in [0.2, 0.25) is 0 Å². The Morgan fingerprint density at radius 3 is 1.64 bits per heavy atom. The van der Waals surface area contributed by atoms with Crippen molar-refractivity contribution in [3.05, 3.63) is 200 Å². The molecule has 3 heteroatoms. The van der Waals surface area contributed by atoms with Crippen molar-refractivity contribution < 1.29 is 0 Å². The molecule has 258 valence electrons. The minimum absolute atomic E-state index is 1.12. The Balaban J connectivity index is 1.16. The van der Waals surface area contributed by atoms with Crippen molar-refractivity contribution >= 4 is 90.9 Å². The van der Waals surface area contributed by atoms with E-state index in [1.54, 1.807) is 0 Å². The zero-order valence-corrected chi connectivity index (χ0v) is 31.4. The van der Waals surface area contributed by atoms with Crippen LogP contribution in [0.3, 0.4) is 0 Å². The summed E-state index contributed by atoms with van der Waals surface area (Å²) in [4.78, 5) is 2.47. The van der Waals surface area contributed by atoms with Gasteiger partial charge in [-0.3, -0.25) is 0 Å². The molecule has 1 nitrogen and oxygen atoms in total. The highest BCUT2D eigenvalue weighted by Gasteiger charge is 2.21. The predicted octanol–water partition coefficient (Wildman–Crippen LogP) is 16.0. The number of fused-ring (bicyclic) bond motifs is 7. The van der Waals surface area contributed by atoms with Crippen LogP contribution < -0.4 is 4.90 Å². The Labute approximate surface area is 327 Å². The first-order valence-electron chi connectivity index (χ1n) is 18.7.